The summed E-state index contributed by atoms with van der Waals surface area (Å²) in [5.41, 5.74) is 6.35. The van der Waals surface area contributed by atoms with Crippen molar-refractivity contribution in [1.29, 1.82) is 0 Å². The fraction of sp³-hybridized carbons (Fsp3) is 0.429. The van der Waals surface area contributed by atoms with E-state index in [-0.39, 0.29) is 5.54 Å². The van der Waals surface area contributed by atoms with E-state index >= 15 is 0 Å². The van der Waals surface area contributed by atoms with Gasteiger partial charge in [0.05, 0.1) is 14.2 Å². The Morgan fingerprint density at radius 1 is 1.20 bits per heavy atom. The van der Waals surface area contributed by atoms with E-state index in [0.29, 0.717) is 29.6 Å². The molecule has 20 heavy (non-hydrogen) atoms. The number of methoxy groups -OCH3 is 2. The molecule has 2 N–H and O–H groups in total. The third kappa shape index (κ3) is 3.27. The van der Waals surface area contributed by atoms with Crippen LogP contribution in [0.25, 0.3) is 11.4 Å². The minimum atomic E-state index is -0.387. The molecule has 0 radical (unpaired) electrons. The first-order valence-corrected chi connectivity index (χ1v) is 6.27. The van der Waals surface area contributed by atoms with Gasteiger partial charge in [0, 0.05) is 17.5 Å². The molecule has 0 unspecified atom stereocenters. The van der Waals surface area contributed by atoms with Crippen LogP contribution in [-0.2, 0) is 6.42 Å². The molecule has 0 atom stereocenters. The lowest BCUT2D eigenvalue weighted by atomic mass is 10.0. The molecule has 108 valence electrons. The Morgan fingerprint density at radius 2 is 1.90 bits per heavy atom. The average molecular weight is 277 g/mol. The fourth-order valence-electron chi connectivity index (χ4n) is 1.81. The maximum atomic E-state index is 5.93. The lowest BCUT2D eigenvalue weighted by Gasteiger charge is -2.14. The van der Waals surface area contributed by atoms with E-state index in [2.05, 4.69) is 10.1 Å². The van der Waals surface area contributed by atoms with Gasteiger partial charge in [-0.1, -0.05) is 5.16 Å². The molecule has 2 aromatic rings. The smallest absolute Gasteiger partial charge is 0.228 e. The summed E-state index contributed by atoms with van der Waals surface area (Å²) in [6, 6.07) is 5.46. The summed E-state index contributed by atoms with van der Waals surface area (Å²) in [4.78, 5) is 4.34. The van der Waals surface area contributed by atoms with Crippen LogP contribution in [0.3, 0.4) is 0 Å². The molecule has 0 amide bonds. The monoisotopic (exact) mass is 277 g/mol. The van der Waals surface area contributed by atoms with Gasteiger partial charge in [-0.2, -0.15) is 4.98 Å². The van der Waals surface area contributed by atoms with Gasteiger partial charge >= 0.3 is 0 Å². The SMILES string of the molecule is COc1ccc(-c2noc(CC(C)(C)N)n2)cc1OC. The molecule has 0 saturated heterocycles. The van der Waals surface area contributed by atoms with Crippen molar-refractivity contribution in [2.24, 2.45) is 5.73 Å². The van der Waals surface area contributed by atoms with E-state index in [9.17, 15) is 0 Å². The van der Waals surface area contributed by atoms with E-state index < -0.39 is 0 Å². The van der Waals surface area contributed by atoms with E-state index in [1.54, 1.807) is 26.4 Å². The highest BCUT2D eigenvalue weighted by molar-refractivity contribution is 5.60. The van der Waals surface area contributed by atoms with Crippen LogP contribution in [-0.4, -0.2) is 29.9 Å². The van der Waals surface area contributed by atoms with Crippen molar-refractivity contribution in [2.75, 3.05) is 14.2 Å². The van der Waals surface area contributed by atoms with Gasteiger partial charge in [-0.3, -0.25) is 0 Å². The number of rotatable bonds is 5. The molecule has 0 aliphatic heterocycles. The van der Waals surface area contributed by atoms with Crippen LogP contribution in [0, 0.1) is 0 Å². The van der Waals surface area contributed by atoms with E-state index in [1.165, 1.54) is 0 Å². The maximum absolute atomic E-state index is 5.93. The fourth-order valence-corrected chi connectivity index (χ4v) is 1.81. The Balaban J connectivity index is 2.28. The lowest BCUT2D eigenvalue weighted by molar-refractivity contribution is 0.348. The zero-order valence-electron chi connectivity index (χ0n) is 12.1. The number of ether oxygens (including phenoxy) is 2. The van der Waals surface area contributed by atoms with Crippen LogP contribution in [0.4, 0.5) is 0 Å². The van der Waals surface area contributed by atoms with Gasteiger partial charge in [-0.05, 0) is 32.0 Å². The summed E-state index contributed by atoms with van der Waals surface area (Å²) < 4.78 is 15.7. The first kappa shape index (κ1) is 14.3. The Morgan fingerprint density at radius 3 is 2.50 bits per heavy atom. The van der Waals surface area contributed by atoms with Crippen molar-refractivity contribution in [2.45, 2.75) is 25.8 Å². The van der Waals surface area contributed by atoms with Crippen molar-refractivity contribution in [3.05, 3.63) is 24.1 Å². The molecule has 0 spiro atoms. The van der Waals surface area contributed by atoms with Crippen molar-refractivity contribution >= 4 is 0 Å². The van der Waals surface area contributed by atoms with Gasteiger partial charge in [0.25, 0.3) is 0 Å². The Bertz CT molecular complexity index is 588. The van der Waals surface area contributed by atoms with Crippen molar-refractivity contribution in [1.82, 2.24) is 10.1 Å². The van der Waals surface area contributed by atoms with E-state index in [0.717, 1.165) is 5.56 Å². The average Bonchev–Trinajstić information content (AvgIpc) is 2.84. The summed E-state index contributed by atoms with van der Waals surface area (Å²) in [6.07, 6.45) is 0.521. The number of nitrogens with two attached hydrogens (primary N) is 1. The molecule has 6 nitrogen and oxygen atoms in total. The first-order valence-electron chi connectivity index (χ1n) is 6.27. The number of aromatic nitrogens is 2. The molecule has 6 heteroatoms. The molecule has 0 aliphatic carbocycles. The van der Waals surface area contributed by atoms with Crippen LogP contribution in [0.5, 0.6) is 11.5 Å². The number of nitrogens with zero attached hydrogens (tertiary/aromatic N) is 2. The van der Waals surface area contributed by atoms with Crippen LogP contribution in [0.15, 0.2) is 22.7 Å². The quantitative estimate of drug-likeness (QED) is 0.900. The highest BCUT2D eigenvalue weighted by Gasteiger charge is 2.18. The van der Waals surface area contributed by atoms with Crippen molar-refractivity contribution in [3.8, 4) is 22.9 Å². The zero-order valence-corrected chi connectivity index (χ0v) is 12.1. The predicted molar refractivity (Wildman–Crippen MR) is 74.8 cm³/mol. The van der Waals surface area contributed by atoms with E-state index in [4.69, 9.17) is 19.7 Å². The molecule has 1 aromatic carbocycles. The number of hydrogen-bond donors (Lipinski definition) is 1. The summed E-state index contributed by atoms with van der Waals surface area (Å²) in [7, 11) is 3.17. The molecule has 0 saturated carbocycles. The Kier molecular flexibility index (Phi) is 3.94. The number of benzene rings is 1. The third-order valence-corrected chi connectivity index (χ3v) is 2.72. The van der Waals surface area contributed by atoms with Gasteiger partial charge in [0.2, 0.25) is 11.7 Å². The second-order valence-corrected chi connectivity index (χ2v) is 5.25. The highest BCUT2D eigenvalue weighted by atomic mass is 16.5. The molecule has 0 aliphatic rings. The second kappa shape index (κ2) is 5.50. The normalized spacial score (nSPS) is 11.4. The van der Waals surface area contributed by atoms with Gasteiger partial charge < -0.3 is 19.7 Å². The van der Waals surface area contributed by atoms with Crippen LogP contribution in [0.2, 0.25) is 0 Å². The highest BCUT2D eigenvalue weighted by Crippen LogP contribution is 2.31. The maximum Gasteiger partial charge on any atom is 0.228 e. The Hall–Kier alpha value is -2.08. The standard InChI is InChI=1S/C14H19N3O3/c1-14(2,15)8-12-16-13(17-20-12)9-5-6-10(18-3)11(7-9)19-4/h5-7H,8,15H2,1-4H3. The lowest BCUT2D eigenvalue weighted by Crippen LogP contribution is -2.34. The molecular weight excluding hydrogens is 258 g/mol. The van der Waals surface area contributed by atoms with Crippen molar-refractivity contribution < 1.29 is 14.0 Å². The molecule has 0 bridgehead atoms. The summed E-state index contributed by atoms with van der Waals surface area (Å²) in [6.45, 7) is 3.82. The summed E-state index contributed by atoms with van der Waals surface area (Å²) >= 11 is 0. The molecule has 1 heterocycles. The van der Waals surface area contributed by atoms with Crippen LogP contribution < -0.4 is 15.2 Å². The van der Waals surface area contributed by atoms with Gasteiger partial charge in [-0.25, -0.2) is 0 Å². The molecule has 2 rings (SSSR count). The molecule has 1 aromatic heterocycles. The topological polar surface area (TPSA) is 83.4 Å². The minimum absolute atomic E-state index is 0.387. The predicted octanol–water partition coefficient (Wildman–Crippen LogP) is 2.03. The van der Waals surface area contributed by atoms with Crippen LogP contribution >= 0.6 is 0 Å². The van der Waals surface area contributed by atoms with Gasteiger partial charge in [0.1, 0.15) is 0 Å². The Labute approximate surface area is 117 Å². The first-order chi connectivity index (χ1) is 9.43. The minimum Gasteiger partial charge on any atom is -0.493 e. The molecular formula is C14H19N3O3. The summed E-state index contributed by atoms with van der Waals surface area (Å²) in [5.74, 6) is 2.30. The third-order valence-electron chi connectivity index (χ3n) is 2.72. The second-order valence-electron chi connectivity index (χ2n) is 5.25. The zero-order chi connectivity index (χ0) is 14.8. The number of hydrogen-bond acceptors (Lipinski definition) is 6. The largest absolute Gasteiger partial charge is 0.493 e. The summed E-state index contributed by atoms with van der Waals surface area (Å²) in [5, 5.41) is 3.96. The van der Waals surface area contributed by atoms with Gasteiger partial charge in [-0.15, -0.1) is 0 Å². The van der Waals surface area contributed by atoms with E-state index in [1.807, 2.05) is 19.9 Å². The molecule has 0 fully saturated rings. The van der Waals surface area contributed by atoms with Crippen molar-refractivity contribution in [3.63, 3.8) is 0 Å². The van der Waals surface area contributed by atoms with Gasteiger partial charge in [0.15, 0.2) is 11.5 Å². The van der Waals surface area contributed by atoms with Crippen LogP contribution in [0.1, 0.15) is 19.7 Å².